The van der Waals surface area contributed by atoms with Crippen LogP contribution in [0.5, 0.6) is 0 Å². The zero-order valence-corrected chi connectivity index (χ0v) is 11.2. The molecule has 0 unspecified atom stereocenters. The fraction of sp³-hybridized carbons (Fsp3) is 0.533. The zero-order valence-electron chi connectivity index (χ0n) is 11.2. The summed E-state index contributed by atoms with van der Waals surface area (Å²) in [6.45, 7) is 8.26. The van der Waals surface area contributed by atoms with Crippen LogP contribution < -0.4 is 0 Å². The molecule has 2 nitrogen and oxygen atoms in total. The van der Waals surface area contributed by atoms with Crippen molar-refractivity contribution in [3.8, 4) is 0 Å². The third kappa shape index (κ3) is 3.40. The maximum Gasteiger partial charge on any atom is 0.158 e. The molecule has 0 aromatic rings. The van der Waals surface area contributed by atoms with Gasteiger partial charge in [0.25, 0.3) is 0 Å². The lowest BCUT2D eigenvalue weighted by Gasteiger charge is -2.32. The molecule has 0 saturated heterocycles. The topological polar surface area (TPSA) is 37.3 Å². The maximum absolute atomic E-state index is 11.7. The van der Waals surface area contributed by atoms with Gasteiger partial charge in [0.05, 0.1) is 6.61 Å². The Morgan fingerprint density at radius 1 is 1.47 bits per heavy atom. The van der Waals surface area contributed by atoms with E-state index in [1.54, 1.807) is 6.08 Å². The zero-order chi connectivity index (χ0) is 13.1. The summed E-state index contributed by atoms with van der Waals surface area (Å²) in [5, 5.41) is 8.79. The van der Waals surface area contributed by atoms with Gasteiger partial charge in [0.15, 0.2) is 5.78 Å². The first-order valence-electron chi connectivity index (χ1n) is 6.09. The van der Waals surface area contributed by atoms with Gasteiger partial charge in [0.1, 0.15) is 0 Å². The van der Waals surface area contributed by atoms with Crippen LogP contribution in [-0.2, 0) is 4.79 Å². The van der Waals surface area contributed by atoms with E-state index in [0.717, 1.165) is 23.1 Å². The average molecular weight is 234 g/mol. The summed E-state index contributed by atoms with van der Waals surface area (Å²) in [5.74, 6) is 0.257. The molecule has 0 spiro atoms. The molecule has 1 aliphatic carbocycles. The second-order valence-electron chi connectivity index (χ2n) is 5.31. The molecule has 0 fully saturated rings. The van der Waals surface area contributed by atoms with E-state index in [0.29, 0.717) is 6.42 Å². The first-order chi connectivity index (χ1) is 7.88. The van der Waals surface area contributed by atoms with E-state index < -0.39 is 0 Å². The van der Waals surface area contributed by atoms with Crippen molar-refractivity contribution < 1.29 is 9.90 Å². The van der Waals surface area contributed by atoms with E-state index >= 15 is 0 Å². The molecule has 0 amide bonds. The standard InChI is InChI=1S/C15H22O2/c1-11(8-10-16)5-6-13-12(2)14(17)7-9-15(13,3)4/h5-6,8,16H,7,9-10H2,1-4H3/b6-5?,11-8+. The van der Waals surface area contributed by atoms with Crippen molar-refractivity contribution in [2.24, 2.45) is 5.41 Å². The Morgan fingerprint density at radius 3 is 2.71 bits per heavy atom. The predicted molar refractivity (Wildman–Crippen MR) is 70.7 cm³/mol. The van der Waals surface area contributed by atoms with Crippen LogP contribution in [0.4, 0.5) is 0 Å². The summed E-state index contributed by atoms with van der Waals surface area (Å²) in [4.78, 5) is 11.7. The number of ketones is 1. The van der Waals surface area contributed by atoms with Gasteiger partial charge in [-0.15, -0.1) is 0 Å². The van der Waals surface area contributed by atoms with E-state index in [1.165, 1.54) is 0 Å². The molecule has 0 bridgehead atoms. The van der Waals surface area contributed by atoms with Gasteiger partial charge in [0.2, 0.25) is 0 Å². The van der Waals surface area contributed by atoms with Crippen molar-refractivity contribution in [2.75, 3.05) is 6.61 Å². The Balaban J connectivity index is 3.04. The van der Waals surface area contributed by atoms with Crippen LogP contribution in [0.1, 0.15) is 40.5 Å². The SMILES string of the molecule is CC1=C(C=C/C(C)=C/CO)C(C)(C)CCC1=O. The number of allylic oxidation sites excluding steroid dienone is 5. The van der Waals surface area contributed by atoms with Gasteiger partial charge in [0, 0.05) is 6.42 Å². The number of hydrogen-bond acceptors (Lipinski definition) is 2. The Hall–Kier alpha value is -1.15. The van der Waals surface area contributed by atoms with Crippen molar-refractivity contribution >= 4 is 5.78 Å². The highest BCUT2D eigenvalue weighted by molar-refractivity contribution is 5.97. The number of hydrogen-bond donors (Lipinski definition) is 1. The molecule has 0 atom stereocenters. The van der Waals surface area contributed by atoms with E-state index in [4.69, 9.17) is 5.11 Å². The minimum absolute atomic E-state index is 0.0521. The Morgan fingerprint density at radius 2 is 2.12 bits per heavy atom. The predicted octanol–water partition coefficient (Wildman–Crippen LogP) is 3.19. The largest absolute Gasteiger partial charge is 0.392 e. The summed E-state index contributed by atoms with van der Waals surface area (Å²) in [6.07, 6.45) is 7.31. The lowest BCUT2D eigenvalue weighted by atomic mass is 9.72. The van der Waals surface area contributed by atoms with Gasteiger partial charge >= 0.3 is 0 Å². The third-order valence-electron chi connectivity index (χ3n) is 3.45. The van der Waals surface area contributed by atoms with Crippen LogP contribution in [-0.4, -0.2) is 17.5 Å². The first-order valence-corrected chi connectivity index (χ1v) is 6.09. The van der Waals surface area contributed by atoms with E-state index in [1.807, 2.05) is 26.0 Å². The summed E-state index contributed by atoms with van der Waals surface area (Å²) in [7, 11) is 0. The third-order valence-corrected chi connectivity index (χ3v) is 3.45. The monoisotopic (exact) mass is 234 g/mol. The van der Waals surface area contributed by atoms with Crippen LogP contribution in [0, 0.1) is 5.41 Å². The van der Waals surface area contributed by atoms with Crippen molar-refractivity contribution in [2.45, 2.75) is 40.5 Å². The highest BCUT2D eigenvalue weighted by atomic mass is 16.2. The molecule has 0 saturated carbocycles. The van der Waals surface area contributed by atoms with Crippen molar-refractivity contribution in [3.63, 3.8) is 0 Å². The molecule has 17 heavy (non-hydrogen) atoms. The maximum atomic E-state index is 11.7. The van der Waals surface area contributed by atoms with Crippen molar-refractivity contribution in [3.05, 3.63) is 34.9 Å². The fourth-order valence-corrected chi connectivity index (χ4v) is 2.18. The summed E-state index contributed by atoms with van der Waals surface area (Å²) >= 11 is 0. The fourth-order valence-electron chi connectivity index (χ4n) is 2.18. The van der Waals surface area contributed by atoms with Crippen LogP contribution in [0.15, 0.2) is 34.9 Å². The molecule has 1 rings (SSSR count). The summed E-state index contributed by atoms with van der Waals surface area (Å²) in [6, 6.07) is 0. The number of aliphatic hydroxyl groups is 1. The number of carbonyl (C=O) groups excluding carboxylic acids is 1. The second kappa shape index (κ2) is 5.46. The van der Waals surface area contributed by atoms with Crippen LogP contribution in [0.25, 0.3) is 0 Å². The van der Waals surface area contributed by atoms with Crippen LogP contribution >= 0.6 is 0 Å². The van der Waals surface area contributed by atoms with Crippen LogP contribution in [0.2, 0.25) is 0 Å². The molecule has 0 aromatic heterocycles. The van der Waals surface area contributed by atoms with E-state index in [-0.39, 0.29) is 17.8 Å². The molecule has 0 heterocycles. The lowest BCUT2D eigenvalue weighted by molar-refractivity contribution is -0.116. The number of aliphatic hydroxyl groups excluding tert-OH is 1. The molecule has 0 aliphatic heterocycles. The minimum Gasteiger partial charge on any atom is -0.392 e. The Labute approximate surface area is 104 Å². The molecule has 1 N–H and O–H groups in total. The normalized spacial score (nSPS) is 21.5. The molecule has 2 heteroatoms. The van der Waals surface area contributed by atoms with Gasteiger partial charge in [-0.1, -0.05) is 37.6 Å². The summed E-state index contributed by atoms with van der Waals surface area (Å²) < 4.78 is 0. The minimum atomic E-state index is 0.0521. The molecule has 0 radical (unpaired) electrons. The van der Waals surface area contributed by atoms with Gasteiger partial charge in [-0.3, -0.25) is 4.79 Å². The number of Topliss-reactive ketones (excluding diaryl/α,β-unsaturated/α-hetero) is 1. The van der Waals surface area contributed by atoms with Crippen LogP contribution in [0.3, 0.4) is 0 Å². The number of carbonyl (C=O) groups is 1. The van der Waals surface area contributed by atoms with E-state index in [2.05, 4.69) is 13.8 Å². The Kier molecular flexibility index (Phi) is 4.47. The molecule has 1 aliphatic rings. The average Bonchev–Trinajstić information content (AvgIpc) is 2.24. The van der Waals surface area contributed by atoms with Crippen molar-refractivity contribution in [1.82, 2.24) is 0 Å². The van der Waals surface area contributed by atoms with E-state index in [9.17, 15) is 4.79 Å². The molecule has 94 valence electrons. The second-order valence-corrected chi connectivity index (χ2v) is 5.31. The van der Waals surface area contributed by atoms with Gasteiger partial charge < -0.3 is 5.11 Å². The quantitative estimate of drug-likeness (QED) is 0.761. The van der Waals surface area contributed by atoms with Gasteiger partial charge in [-0.2, -0.15) is 0 Å². The smallest absolute Gasteiger partial charge is 0.158 e. The number of rotatable bonds is 3. The van der Waals surface area contributed by atoms with Crippen molar-refractivity contribution in [1.29, 1.82) is 0 Å². The molecule has 0 aromatic carbocycles. The Bertz CT molecular complexity index is 395. The molecular formula is C15H22O2. The first kappa shape index (κ1) is 13.9. The molecular weight excluding hydrogens is 212 g/mol. The highest BCUT2D eigenvalue weighted by Gasteiger charge is 2.30. The highest BCUT2D eigenvalue weighted by Crippen LogP contribution is 2.39. The lowest BCUT2D eigenvalue weighted by Crippen LogP contribution is -2.24. The van der Waals surface area contributed by atoms with Gasteiger partial charge in [-0.25, -0.2) is 0 Å². The summed E-state index contributed by atoms with van der Waals surface area (Å²) in [5.41, 5.74) is 3.09. The van der Waals surface area contributed by atoms with Gasteiger partial charge in [-0.05, 0) is 36.8 Å².